The summed E-state index contributed by atoms with van der Waals surface area (Å²) in [5.41, 5.74) is 4.17. The highest BCUT2D eigenvalue weighted by molar-refractivity contribution is 5.98. The van der Waals surface area contributed by atoms with Crippen molar-refractivity contribution >= 4 is 23.2 Å². The number of benzene rings is 4. The molecule has 1 fully saturated rings. The van der Waals surface area contributed by atoms with Gasteiger partial charge in [-0.3, -0.25) is 9.59 Å². The summed E-state index contributed by atoms with van der Waals surface area (Å²) in [7, 11) is 0. The molecular weight excluding hydrogens is 530 g/mol. The van der Waals surface area contributed by atoms with Crippen molar-refractivity contribution in [2.75, 3.05) is 43.3 Å². The van der Waals surface area contributed by atoms with Crippen molar-refractivity contribution in [2.45, 2.75) is 19.0 Å². The largest absolute Gasteiger partial charge is 0.454 e. The van der Waals surface area contributed by atoms with Crippen LogP contribution in [0.5, 0.6) is 11.5 Å². The molecule has 4 aromatic rings. The first-order valence-corrected chi connectivity index (χ1v) is 14.1. The quantitative estimate of drug-likeness (QED) is 0.302. The van der Waals surface area contributed by atoms with E-state index >= 15 is 0 Å². The van der Waals surface area contributed by atoms with Gasteiger partial charge in [0.25, 0.3) is 5.91 Å². The molecule has 6 rings (SSSR count). The van der Waals surface area contributed by atoms with Gasteiger partial charge in [0, 0.05) is 31.0 Å². The predicted octanol–water partition coefficient (Wildman–Crippen LogP) is 5.20. The van der Waals surface area contributed by atoms with E-state index in [0.29, 0.717) is 36.0 Å². The van der Waals surface area contributed by atoms with E-state index in [0.717, 1.165) is 29.9 Å². The number of rotatable bonds is 9. The fraction of sp³-hybridized carbons (Fsp3) is 0.235. The molecule has 1 unspecified atom stereocenters. The molecule has 2 amide bonds. The highest BCUT2D eigenvalue weighted by Gasteiger charge is 2.33. The lowest BCUT2D eigenvalue weighted by Crippen LogP contribution is -2.41. The summed E-state index contributed by atoms with van der Waals surface area (Å²) in [6.07, 6.45) is 0.163. The van der Waals surface area contributed by atoms with Crippen LogP contribution < -0.4 is 19.7 Å². The summed E-state index contributed by atoms with van der Waals surface area (Å²) in [6.45, 7) is 3.43. The van der Waals surface area contributed by atoms with Crippen LogP contribution in [0.15, 0.2) is 103 Å². The van der Waals surface area contributed by atoms with E-state index in [2.05, 4.69) is 10.2 Å². The lowest BCUT2D eigenvalue weighted by atomic mass is 10.0. The Labute approximate surface area is 245 Å². The van der Waals surface area contributed by atoms with Crippen molar-refractivity contribution in [1.82, 2.24) is 4.90 Å². The molecule has 1 atom stereocenters. The Kier molecular flexibility index (Phi) is 8.33. The first kappa shape index (κ1) is 27.4. The summed E-state index contributed by atoms with van der Waals surface area (Å²) in [6, 6.07) is 31.6. The van der Waals surface area contributed by atoms with Crippen LogP contribution in [0.4, 0.5) is 11.4 Å². The Hall–Kier alpha value is -4.82. The molecule has 0 spiro atoms. The lowest BCUT2D eigenvalue weighted by Gasteiger charge is -2.32. The normalized spacial score (nSPS) is 14.7. The maximum absolute atomic E-state index is 14.2. The molecule has 0 saturated carbocycles. The zero-order valence-electron chi connectivity index (χ0n) is 23.3. The van der Waals surface area contributed by atoms with Gasteiger partial charge in [-0.25, -0.2) is 0 Å². The lowest BCUT2D eigenvalue weighted by molar-refractivity contribution is -0.139. The second kappa shape index (κ2) is 12.8. The number of carbonyl (C=O) groups excluding carboxylic acids is 2. The summed E-state index contributed by atoms with van der Waals surface area (Å²) < 4.78 is 16.6. The Balaban J connectivity index is 1.33. The number of anilines is 2. The van der Waals surface area contributed by atoms with E-state index in [1.54, 1.807) is 17.0 Å². The molecule has 2 heterocycles. The van der Waals surface area contributed by atoms with E-state index in [1.165, 1.54) is 0 Å². The second-order valence-electron chi connectivity index (χ2n) is 10.3. The van der Waals surface area contributed by atoms with Crippen LogP contribution in [-0.4, -0.2) is 49.8 Å². The topological polar surface area (TPSA) is 80.3 Å². The van der Waals surface area contributed by atoms with Crippen LogP contribution in [0.1, 0.15) is 22.7 Å². The van der Waals surface area contributed by atoms with E-state index in [9.17, 15) is 9.59 Å². The third-order valence-electron chi connectivity index (χ3n) is 7.50. The highest BCUT2D eigenvalue weighted by Crippen LogP contribution is 2.37. The van der Waals surface area contributed by atoms with E-state index < -0.39 is 6.04 Å². The number of hydrogen-bond donors (Lipinski definition) is 1. The second-order valence-corrected chi connectivity index (χ2v) is 10.3. The number of amides is 2. The molecule has 1 N–H and O–H groups in total. The number of fused-ring (bicyclic) bond motifs is 1. The molecule has 0 radical (unpaired) electrons. The number of ether oxygens (including phenoxy) is 3. The molecule has 2 aliphatic rings. The van der Waals surface area contributed by atoms with Gasteiger partial charge in [-0.2, -0.15) is 0 Å². The van der Waals surface area contributed by atoms with E-state index in [1.807, 2.05) is 91.0 Å². The minimum absolute atomic E-state index is 0.117. The summed E-state index contributed by atoms with van der Waals surface area (Å²) >= 11 is 0. The maximum atomic E-state index is 14.2. The van der Waals surface area contributed by atoms with Gasteiger partial charge < -0.3 is 29.3 Å². The SMILES string of the molecule is O=C(Nc1ccc(N2CCOCC2)cc1)C(c1ccc2c(c1)OCO2)N(Cc1ccccc1)C(=O)Cc1ccccc1. The molecular formula is C34H33N3O5. The predicted molar refractivity (Wildman–Crippen MR) is 161 cm³/mol. The highest BCUT2D eigenvalue weighted by atomic mass is 16.7. The third-order valence-corrected chi connectivity index (χ3v) is 7.50. The van der Waals surface area contributed by atoms with Gasteiger partial charge in [0.2, 0.25) is 12.7 Å². The Morgan fingerprint density at radius 1 is 0.786 bits per heavy atom. The van der Waals surface area contributed by atoms with E-state index in [4.69, 9.17) is 14.2 Å². The van der Waals surface area contributed by atoms with Gasteiger partial charge >= 0.3 is 0 Å². The number of nitrogens with one attached hydrogen (secondary N) is 1. The van der Waals surface area contributed by atoms with Gasteiger partial charge in [0.1, 0.15) is 6.04 Å². The number of nitrogens with zero attached hydrogens (tertiary/aromatic N) is 2. The standard InChI is InChI=1S/C34H33N3O5/c38-32(21-25-7-3-1-4-8-25)37(23-26-9-5-2-6-10-26)33(27-11-16-30-31(22-27)42-24-41-30)34(39)35-28-12-14-29(15-13-28)36-17-19-40-20-18-36/h1-16,22,33H,17-21,23-24H2,(H,35,39). The zero-order chi connectivity index (χ0) is 28.7. The first-order chi connectivity index (χ1) is 20.6. The van der Waals surface area contributed by atoms with Crippen LogP contribution in [-0.2, 0) is 27.3 Å². The molecule has 0 bridgehead atoms. The van der Waals surface area contributed by atoms with Crippen molar-refractivity contribution in [3.63, 3.8) is 0 Å². The molecule has 214 valence electrons. The minimum atomic E-state index is -0.921. The van der Waals surface area contributed by atoms with Crippen LogP contribution in [0.3, 0.4) is 0 Å². The third kappa shape index (κ3) is 6.39. The molecule has 1 saturated heterocycles. The zero-order valence-corrected chi connectivity index (χ0v) is 23.3. The van der Waals surface area contributed by atoms with Crippen molar-refractivity contribution in [2.24, 2.45) is 0 Å². The van der Waals surface area contributed by atoms with Gasteiger partial charge in [0.15, 0.2) is 11.5 Å². The van der Waals surface area contributed by atoms with Crippen LogP contribution in [0.2, 0.25) is 0 Å². The number of hydrogen-bond acceptors (Lipinski definition) is 6. The van der Waals surface area contributed by atoms with Crippen molar-refractivity contribution < 1.29 is 23.8 Å². The smallest absolute Gasteiger partial charge is 0.251 e. The van der Waals surface area contributed by atoms with Crippen LogP contribution in [0.25, 0.3) is 0 Å². The van der Waals surface area contributed by atoms with Crippen molar-refractivity contribution in [3.8, 4) is 11.5 Å². The molecule has 8 heteroatoms. The first-order valence-electron chi connectivity index (χ1n) is 14.1. The van der Waals surface area contributed by atoms with Crippen LogP contribution in [0, 0.1) is 0 Å². The summed E-state index contributed by atoms with van der Waals surface area (Å²) in [4.78, 5) is 32.1. The number of carbonyl (C=O) groups is 2. The summed E-state index contributed by atoms with van der Waals surface area (Å²) in [5.74, 6) is 0.688. The molecule has 0 aromatic heterocycles. The monoisotopic (exact) mass is 563 g/mol. The Bertz CT molecular complexity index is 1510. The average molecular weight is 564 g/mol. The fourth-order valence-corrected chi connectivity index (χ4v) is 5.32. The van der Waals surface area contributed by atoms with Gasteiger partial charge in [-0.05, 0) is 53.1 Å². The summed E-state index contributed by atoms with van der Waals surface area (Å²) in [5, 5.41) is 3.08. The fourth-order valence-electron chi connectivity index (χ4n) is 5.32. The van der Waals surface area contributed by atoms with Gasteiger partial charge in [0.05, 0.1) is 19.6 Å². The molecule has 4 aromatic carbocycles. The molecule has 42 heavy (non-hydrogen) atoms. The molecule has 2 aliphatic heterocycles. The van der Waals surface area contributed by atoms with Crippen molar-refractivity contribution in [3.05, 3.63) is 120 Å². The van der Waals surface area contributed by atoms with Crippen LogP contribution >= 0.6 is 0 Å². The maximum Gasteiger partial charge on any atom is 0.251 e. The van der Waals surface area contributed by atoms with Crippen molar-refractivity contribution in [1.29, 1.82) is 0 Å². The van der Waals surface area contributed by atoms with E-state index in [-0.39, 0.29) is 31.6 Å². The van der Waals surface area contributed by atoms with Gasteiger partial charge in [-0.15, -0.1) is 0 Å². The molecule has 8 nitrogen and oxygen atoms in total. The molecule has 0 aliphatic carbocycles. The Morgan fingerprint density at radius 2 is 1.45 bits per heavy atom. The average Bonchev–Trinajstić information content (AvgIpc) is 3.51. The minimum Gasteiger partial charge on any atom is -0.454 e. The van der Waals surface area contributed by atoms with Gasteiger partial charge in [-0.1, -0.05) is 66.7 Å². The Morgan fingerprint density at radius 3 is 2.17 bits per heavy atom. The number of morpholine rings is 1.